The van der Waals surface area contributed by atoms with Crippen molar-refractivity contribution >= 4 is 22.0 Å². The Morgan fingerprint density at radius 3 is 2.37 bits per heavy atom. The highest BCUT2D eigenvalue weighted by atomic mass is 32.2. The molecule has 0 bridgehead atoms. The molecular weight excluding hydrogens is 274 g/mol. The molecule has 0 saturated heterocycles. The van der Waals surface area contributed by atoms with Crippen molar-refractivity contribution in [2.24, 2.45) is 5.41 Å². The summed E-state index contributed by atoms with van der Waals surface area (Å²) in [7, 11) is -3.85. The summed E-state index contributed by atoms with van der Waals surface area (Å²) in [5, 5.41) is 9.20. The quantitative estimate of drug-likeness (QED) is 0.645. The Morgan fingerprint density at radius 2 is 1.89 bits per heavy atom. The summed E-state index contributed by atoms with van der Waals surface area (Å²) in [6.07, 6.45) is 2.44. The third kappa shape index (κ3) is 4.46. The van der Waals surface area contributed by atoms with Crippen LogP contribution in [0.5, 0.6) is 0 Å². The highest BCUT2D eigenvalue weighted by Crippen LogP contribution is 2.37. The number of sulfonamides is 1. The number of carboxylic acid groups (broad SMARTS) is 1. The molecule has 7 nitrogen and oxygen atoms in total. The molecule has 0 aliphatic heterocycles. The smallest absolute Gasteiger partial charge is 0.322 e. The first-order chi connectivity index (χ1) is 8.81. The minimum Gasteiger partial charge on any atom is -0.481 e. The van der Waals surface area contributed by atoms with Crippen molar-refractivity contribution in [3.63, 3.8) is 0 Å². The number of hydrogen-bond acceptors (Lipinski definition) is 5. The van der Waals surface area contributed by atoms with Crippen molar-refractivity contribution < 1.29 is 27.9 Å². The molecule has 0 radical (unpaired) electrons. The summed E-state index contributed by atoms with van der Waals surface area (Å²) in [6.45, 7) is 1.51. The molecule has 1 saturated carbocycles. The van der Waals surface area contributed by atoms with Gasteiger partial charge >= 0.3 is 11.9 Å². The lowest BCUT2D eigenvalue weighted by atomic mass is 9.87. The predicted octanol–water partition coefficient (Wildman–Crippen LogP) is 0.114. The highest BCUT2D eigenvalue weighted by molar-refractivity contribution is 7.90. The molecule has 0 amide bonds. The fraction of sp³-hybridized carbons (Fsp3) is 0.818. The molecule has 0 atom stereocenters. The Morgan fingerprint density at radius 1 is 1.32 bits per heavy atom. The van der Waals surface area contributed by atoms with Gasteiger partial charge < -0.3 is 9.84 Å². The normalized spacial score (nSPS) is 18.2. The van der Waals surface area contributed by atoms with E-state index in [1.165, 1.54) is 0 Å². The number of carbonyl (C=O) groups is 2. The molecule has 110 valence electrons. The van der Waals surface area contributed by atoms with Gasteiger partial charge in [-0.1, -0.05) is 12.8 Å². The molecule has 0 heterocycles. The van der Waals surface area contributed by atoms with Crippen LogP contribution < -0.4 is 4.72 Å². The number of rotatable bonds is 7. The zero-order valence-electron chi connectivity index (χ0n) is 10.8. The first-order valence-electron chi connectivity index (χ1n) is 6.18. The molecule has 1 aliphatic rings. The number of carbonyl (C=O) groups excluding carboxylic acids is 1. The maximum Gasteiger partial charge on any atom is 0.322 e. The van der Waals surface area contributed by atoms with Crippen LogP contribution in [0.4, 0.5) is 0 Å². The molecule has 1 aliphatic carbocycles. The van der Waals surface area contributed by atoms with E-state index in [-0.39, 0.29) is 13.2 Å². The van der Waals surface area contributed by atoms with Gasteiger partial charge in [0.2, 0.25) is 10.0 Å². The van der Waals surface area contributed by atoms with Crippen molar-refractivity contribution in [3.8, 4) is 0 Å². The van der Waals surface area contributed by atoms with Crippen LogP contribution in [0.3, 0.4) is 0 Å². The van der Waals surface area contributed by atoms with Crippen molar-refractivity contribution in [2.45, 2.75) is 32.6 Å². The lowest BCUT2D eigenvalue weighted by molar-refractivity contribution is -0.148. The number of carboxylic acids is 1. The zero-order chi connectivity index (χ0) is 14.5. The summed E-state index contributed by atoms with van der Waals surface area (Å²) in [4.78, 5) is 22.3. The Labute approximate surface area is 112 Å². The molecule has 0 aromatic rings. The van der Waals surface area contributed by atoms with Crippen LogP contribution in [-0.4, -0.2) is 44.4 Å². The lowest BCUT2D eigenvalue weighted by Gasteiger charge is -2.23. The van der Waals surface area contributed by atoms with E-state index in [1.54, 1.807) is 6.92 Å². The van der Waals surface area contributed by atoms with Crippen LogP contribution in [0, 0.1) is 5.41 Å². The van der Waals surface area contributed by atoms with E-state index in [9.17, 15) is 23.1 Å². The van der Waals surface area contributed by atoms with Gasteiger partial charge in [-0.2, -0.15) is 0 Å². The molecule has 2 N–H and O–H groups in total. The average molecular weight is 293 g/mol. The number of nitrogens with one attached hydrogen (secondary N) is 1. The van der Waals surface area contributed by atoms with Crippen LogP contribution in [-0.2, 0) is 24.3 Å². The van der Waals surface area contributed by atoms with Crippen molar-refractivity contribution in [1.29, 1.82) is 0 Å². The Balaban J connectivity index is 2.59. The van der Waals surface area contributed by atoms with Crippen molar-refractivity contribution in [3.05, 3.63) is 0 Å². The fourth-order valence-corrected chi connectivity index (χ4v) is 3.17. The molecule has 0 aromatic heterocycles. The largest absolute Gasteiger partial charge is 0.481 e. The van der Waals surface area contributed by atoms with Gasteiger partial charge in [0.25, 0.3) is 0 Å². The maximum atomic E-state index is 11.6. The third-order valence-electron chi connectivity index (χ3n) is 3.26. The van der Waals surface area contributed by atoms with Gasteiger partial charge in [-0.25, -0.2) is 13.1 Å². The highest BCUT2D eigenvalue weighted by Gasteiger charge is 2.42. The first kappa shape index (κ1) is 15.9. The Kier molecular flexibility index (Phi) is 5.30. The molecule has 1 fully saturated rings. The predicted molar refractivity (Wildman–Crippen MR) is 67.0 cm³/mol. The van der Waals surface area contributed by atoms with Crippen molar-refractivity contribution in [1.82, 2.24) is 4.72 Å². The van der Waals surface area contributed by atoms with Crippen LogP contribution in [0.25, 0.3) is 0 Å². The summed E-state index contributed by atoms with van der Waals surface area (Å²) in [5.41, 5.74) is -1.04. The maximum absolute atomic E-state index is 11.6. The molecule has 0 spiro atoms. The number of ether oxygens (including phenoxy) is 1. The molecule has 0 aromatic carbocycles. The van der Waals surface area contributed by atoms with Gasteiger partial charge in [0.05, 0.1) is 12.0 Å². The van der Waals surface area contributed by atoms with Crippen molar-refractivity contribution in [2.75, 3.05) is 18.9 Å². The monoisotopic (exact) mass is 293 g/mol. The zero-order valence-corrected chi connectivity index (χ0v) is 11.7. The van der Waals surface area contributed by atoms with Gasteiger partial charge in [-0.3, -0.25) is 9.59 Å². The van der Waals surface area contributed by atoms with Crippen LogP contribution in [0.2, 0.25) is 0 Å². The number of hydrogen-bond donors (Lipinski definition) is 2. The van der Waals surface area contributed by atoms with Crippen LogP contribution in [0.15, 0.2) is 0 Å². The van der Waals surface area contributed by atoms with Gasteiger partial charge in [-0.15, -0.1) is 0 Å². The second kappa shape index (κ2) is 6.33. The average Bonchev–Trinajstić information content (AvgIpc) is 2.76. The SMILES string of the molecule is CCOC(=O)CS(=O)(=O)NCC1(C(=O)O)CCCC1. The molecular formula is C11H19NO6S. The minimum atomic E-state index is -3.85. The Bertz CT molecular complexity index is 438. The summed E-state index contributed by atoms with van der Waals surface area (Å²) in [5.74, 6) is -2.62. The van der Waals surface area contributed by atoms with E-state index < -0.39 is 33.1 Å². The van der Waals surface area contributed by atoms with Gasteiger partial charge in [0, 0.05) is 6.54 Å². The topological polar surface area (TPSA) is 110 Å². The first-order valence-corrected chi connectivity index (χ1v) is 7.83. The molecule has 1 rings (SSSR count). The third-order valence-corrected chi connectivity index (χ3v) is 4.46. The number of aliphatic carboxylic acids is 1. The molecule has 0 unspecified atom stereocenters. The van der Waals surface area contributed by atoms with Gasteiger partial charge in [-0.05, 0) is 19.8 Å². The van der Waals surface area contributed by atoms with Crippen LogP contribution in [0.1, 0.15) is 32.6 Å². The van der Waals surface area contributed by atoms with E-state index in [2.05, 4.69) is 9.46 Å². The second-order valence-electron chi connectivity index (χ2n) is 4.68. The van der Waals surface area contributed by atoms with Gasteiger partial charge in [0.1, 0.15) is 0 Å². The Hall–Kier alpha value is -1.15. The summed E-state index contributed by atoms with van der Waals surface area (Å²) < 4.78 is 30.0. The summed E-state index contributed by atoms with van der Waals surface area (Å²) in [6, 6.07) is 0. The van der Waals surface area contributed by atoms with E-state index in [1.807, 2.05) is 0 Å². The van der Waals surface area contributed by atoms with E-state index in [0.717, 1.165) is 12.8 Å². The van der Waals surface area contributed by atoms with E-state index >= 15 is 0 Å². The fourth-order valence-electron chi connectivity index (χ4n) is 2.17. The number of esters is 1. The second-order valence-corrected chi connectivity index (χ2v) is 6.48. The molecule has 19 heavy (non-hydrogen) atoms. The standard InChI is InChI=1S/C11H19NO6S/c1-2-18-9(13)7-19(16,17)12-8-11(10(14)15)5-3-4-6-11/h12H,2-8H2,1H3,(H,14,15). The van der Waals surface area contributed by atoms with Crippen LogP contribution >= 0.6 is 0 Å². The summed E-state index contributed by atoms with van der Waals surface area (Å²) >= 11 is 0. The minimum absolute atomic E-state index is 0.105. The lowest BCUT2D eigenvalue weighted by Crippen LogP contribution is -2.42. The molecule has 8 heteroatoms. The van der Waals surface area contributed by atoms with E-state index in [0.29, 0.717) is 12.8 Å². The van der Waals surface area contributed by atoms with Gasteiger partial charge in [0.15, 0.2) is 5.75 Å². The van der Waals surface area contributed by atoms with E-state index in [4.69, 9.17) is 0 Å².